The molecule has 0 saturated heterocycles. The van der Waals surface area contributed by atoms with Crippen LogP contribution < -0.4 is 5.32 Å². The highest BCUT2D eigenvalue weighted by molar-refractivity contribution is 5.94. The van der Waals surface area contributed by atoms with E-state index in [1.807, 2.05) is 11.6 Å². The molecule has 1 saturated carbocycles. The van der Waals surface area contributed by atoms with E-state index in [9.17, 15) is 4.79 Å². The van der Waals surface area contributed by atoms with E-state index in [-0.39, 0.29) is 11.9 Å². The number of aromatic nitrogens is 7. The van der Waals surface area contributed by atoms with Gasteiger partial charge in [0.25, 0.3) is 5.91 Å². The Hall–Kier alpha value is -3.10. The quantitative estimate of drug-likeness (QED) is 0.723. The number of carbonyl (C=O) groups excluding carboxylic acids is 1. The van der Waals surface area contributed by atoms with Crippen molar-refractivity contribution in [3.63, 3.8) is 0 Å². The van der Waals surface area contributed by atoms with E-state index in [0.717, 1.165) is 25.2 Å². The fourth-order valence-electron chi connectivity index (χ4n) is 2.82. The van der Waals surface area contributed by atoms with E-state index in [0.29, 0.717) is 17.3 Å². The third-order valence-corrected chi connectivity index (χ3v) is 4.29. The predicted molar refractivity (Wildman–Crippen MR) is 87.8 cm³/mol. The minimum atomic E-state index is -0.153. The molecule has 0 aromatic carbocycles. The Morgan fingerprint density at radius 1 is 1.32 bits per heavy atom. The maximum atomic E-state index is 12.8. The average Bonchev–Trinajstić information content (AvgIpc) is 3.13. The summed E-state index contributed by atoms with van der Waals surface area (Å²) >= 11 is 0. The first kappa shape index (κ1) is 15.4. The normalized spacial score (nSPS) is 15.1. The van der Waals surface area contributed by atoms with Crippen molar-refractivity contribution in [2.24, 2.45) is 5.92 Å². The molecule has 3 aromatic rings. The van der Waals surface area contributed by atoms with E-state index < -0.39 is 0 Å². The van der Waals surface area contributed by atoms with E-state index in [2.05, 4.69) is 30.6 Å². The Morgan fingerprint density at radius 2 is 2.12 bits per heavy atom. The fraction of sp³-hybridized carbons (Fsp3) is 0.375. The van der Waals surface area contributed by atoms with Gasteiger partial charge in [-0.3, -0.25) is 9.36 Å². The van der Waals surface area contributed by atoms with Crippen LogP contribution in [-0.4, -0.2) is 40.4 Å². The number of nitrogens with zero attached hydrogens (tertiary/aromatic N) is 7. The molecule has 1 fully saturated rings. The van der Waals surface area contributed by atoms with Crippen LogP contribution in [0.2, 0.25) is 0 Å². The SMILES string of the molecule is CCn1ncnc1[C@H](NC(=O)c1ccnc(-n2cnnc2)c1)C1CC1. The molecule has 3 heterocycles. The van der Waals surface area contributed by atoms with Crippen LogP contribution in [0.25, 0.3) is 5.82 Å². The lowest BCUT2D eigenvalue weighted by Gasteiger charge is -2.18. The summed E-state index contributed by atoms with van der Waals surface area (Å²) in [6.45, 7) is 2.74. The predicted octanol–water partition coefficient (Wildman–Crippen LogP) is 1.15. The minimum Gasteiger partial charge on any atom is -0.342 e. The summed E-state index contributed by atoms with van der Waals surface area (Å²) in [5.41, 5.74) is 0.534. The maximum Gasteiger partial charge on any atom is 0.252 e. The highest BCUT2D eigenvalue weighted by Crippen LogP contribution is 2.40. The van der Waals surface area contributed by atoms with Gasteiger partial charge in [-0.25, -0.2) is 14.6 Å². The largest absolute Gasteiger partial charge is 0.342 e. The number of aryl methyl sites for hydroxylation is 1. The van der Waals surface area contributed by atoms with E-state index in [1.54, 1.807) is 35.6 Å². The molecule has 0 spiro atoms. The average molecular weight is 338 g/mol. The second kappa shape index (κ2) is 6.42. The van der Waals surface area contributed by atoms with Gasteiger partial charge in [0.1, 0.15) is 30.6 Å². The van der Waals surface area contributed by atoms with E-state index >= 15 is 0 Å². The van der Waals surface area contributed by atoms with E-state index in [1.165, 1.54) is 6.33 Å². The number of rotatable bonds is 6. The van der Waals surface area contributed by atoms with Gasteiger partial charge in [0.05, 0.1) is 6.04 Å². The number of pyridine rings is 1. The topological polar surface area (TPSA) is 103 Å². The molecule has 0 bridgehead atoms. The van der Waals surface area contributed by atoms with Crippen molar-refractivity contribution in [1.29, 1.82) is 0 Å². The molecule has 0 radical (unpaired) electrons. The first-order chi connectivity index (χ1) is 12.3. The van der Waals surface area contributed by atoms with Gasteiger partial charge in [-0.05, 0) is 37.8 Å². The molecule has 0 unspecified atom stereocenters. The van der Waals surface area contributed by atoms with Crippen LogP contribution >= 0.6 is 0 Å². The van der Waals surface area contributed by atoms with Crippen molar-refractivity contribution in [2.75, 3.05) is 0 Å². The maximum absolute atomic E-state index is 12.8. The van der Waals surface area contributed by atoms with Gasteiger partial charge >= 0.3 is 0 Å². The van der Waals surface area contributed by atoms with Crippen molar-refractivity contribution in [3.05, 3.63) is 48.7 Å². The van der Waals surface area contributed by atoms with Crippen LogP contribution in [-0.2, 0) is 6.54 Å². The molecule has 1 N–H and O–H groups in total. The van der Waals surface area contributed by atoms with Gasteiger partial charge in [-0.1, -0.05) is 0 Å². The highest BCUT2D eigenvalue weighted by Gasteiger charge is 2.36. The molecule has 1 atom stereocenters. The Morgan fingerprint density at radius 3 is 2.84 bits per heavy atom. The Bertz CT molecular complexity index is 868. The molecular formula is C16H18N8O. The van der Waals surface area contributed by atoms with Gasteiger partial charge in [0, 0.05) is 18.3 Å². The zero-order chi connectivity index (χ0) is 17.2. The summed E-state index contributed by atoms with van der Waals surface area (Å²) in [5.74, 6) is 1.67. The fourth-order valence-corrected chi connectivity index (χ4v) is 2.82. The van der Waals surface area contributed by atoms with Gasteiger partial charge in [0.2, 0.25) is 0 Å². The Balaban J connectivity index is 1.57. The first-order valence-corrected chi connectivity index (χ1v) is 8.26. The first-order valence-electron chi connectivity index (χ1n) is 8.26. The van der Waals surface area contributed by atoms with Crippen molar-refractivity contribution in [1.82, 2.24) is 39.8 Å². The summed E-state index contributed by atoms with van der Waals surface area (Å²) < 4.78 is 3.49. The van der Waals surface area contributed by atoms with Crippen molar-refractivity contribution < 1.29 is 4.79 Å². The molecule has 9 nitrogen and oxygen atoms in total. The van der Waals surface area contributed by atoms with Crippen molar-refractivity contribution in [3.8, 4) is 5.82 Å². The molecule has 128 valence electrons. The van der Waals surface area contributed by atoms with Crippen molar-refractivity contribution >= 4 is 5.91 Å². The van der Waals surface area contributed by atoms with Crippen molar-refractivity contribution in [2.45, 2.75) is 32.4 Å². The van der Waals surface area contributed by atoms with Crippen LogP contribution in [0.5, 0.6) is 0 Å². The monoisotopic (exact) mass is 338 g/mol. The molecule has 25 heavy (non-hydrogen) atoms. The number of hydrogen-bond acceptors (Lipinski definition) is 6. The number of hydrogen-bond donors (Lipinski definition) is 1. The smallest absolute Gasteiger partial charge is 0.252 e. The molecule has 0 aliphatic heterocycles. The lowest BCUT2D eigenvalue weighted by atomic mass is 10.1. The Labute approximate surface area is 144 Å². The van der Waals surface area contributed by atoms with Crippen LogP contribution in [0.1, 0.15) is 42.0 Å². The van der Waals surface area contributed by atoms with Crippen LogP contribution in [0.15, 0.2) is 37.3 Å². The third-order valence-electron chi connectivity index (χ3n) is 4.29. The third kappa shape index (κ3) is 3.12. The standard InChI is InChI=1S/C16H18N8O/c1-2-24-15(18-8-21-24)14(11-3-4-11)22-16(25)12-5-6-17-13(7-12)23-9-19-20-10-23/h5-11,14H,2-4H2,1H3,(H,22,25)/t14-/m1/s1. The minimum absolute atomic E-state index is 0.124. The summed E-state index contributed by atoms with van der Waals surface area (Å²) in [7, 11) is 0. The lowest BCUT2D eigenvalue weighted by Crippen LogP contribution is -2.32. The second-order valence-electron chi connectivity index (χ2n) is 5.99. The van der Waals surface area contributed by atoms with Gasteiger partial charge in [-0.15, -0.1) is 10.2 Å². The molecule has 1 aliphatic carbocycles. The zero-order valence-corrected chi connectivity index (χ0v) is 13.8. The summed E-state index contributed by atoms with van der Waals surface area (Å²) in [6.07, 6.45) is 8.40. The number of nitrogens with one attached hydrogen (secondary N) is 1. The number of amides is 1. The molecule has 1 aliphatic rings. The Kier molecular flexibility index (Phi) is 3.96. The van der Waals surface area contributed by atoms with Crippen LogP contribution in [0.3, 0.4) is 0 Å². The van der Waals surface area contributed by atoms with Crippen LogP contribution in [0.4, 0.5) is 0 Å². The molecule has 4 rings (SSSR count). The summed E-state index contributed by atoms with van der Waals surface area (Å²) in [5, 5.41) is 14.9. The second-order valence-corrected chi connectivity index (χ2v) is 5.99. The molecule has 1 amide bonds. The lowest BCUT2D eigenvalue weighted by molar-refractivity contribution is 0.0928. The molecular weight excluding hydrogens is 320 g/mol. The molecule has 9 heteroatoms. The summed E-state index contributed by atoms with van der Waals surface area (Å²) in [6, 6.07) is 3.28. The summed E-state index contributed by atoms with van der Waals surface area (Å²) in [4.78, 5) is 21.4. The van der Waals surface area contributed by atoms with Gasteiger partial charge < -0.3 is 5.32 Å². The van der Waals surface area contributed by atoms with Gasteiger partial charge in [0.15, 0.2) is 0 Å². The number of carbonyl (C=O) groups is 1. The van der Waals surface area contributed by atoms with E-state index in [4.69, 9.17) is 0 Å². The molecule has 3 aromatic heterocycles. The van der Waals surface area contributed by atoms with Gasteiger partial charge in [-0.2, -0.15) is 5.10 Å². The zero-order valence-electron chi connectivity index (χ0n) is 13.8. The van der Waals surface area contributed by atoms with Crippen LogP contribution in [0, 0.1) is 5.92 Å². The highest BCUT2D eigenvalue weighted by atomic mass is 16.1.